The average Bonchev–Trinajstić information content (AvgIpc) is 2.13. The number of hydrogen-bond acceptors (Lipinski definition) is 5. The lowest BCUT2D eigenvalue weighted by molar-refractivity contribution is 0.0283. The minimum Gasteiger partial charge on any atom is -0.489 e. The number of nitrogens with zero attached hydrogens (tertiary/aromatic N) is 1. The number of hydrogen-bond donors (Lipinski definition) is 1. The second-order valence-corrected chi connectivity index (χ2v) is 6.38. The standard InChI is InChI=1S/C9H12ClNO4S/c1-9(2,12)6-15-7-3-4-8(11-5-7)16(10,13)14/h3-5,12H,6H2,1-2H3. The van der Waals surface area contributed by atoms with Crippen LogP contribution >= 0.6 is 10.7 Å². The summed E-state index contributed by atoms with van der Waals surface area (Å²) in [5.41, 5.74) is -0.961. The zero-order valence-electron chi connectivity index (χ0n) is 8.84. The number of aromatic nitrogens is 1. The Morgan fingerprint density at radius 1 is 1.50 bits per heavy atom. The number of aliphatic hydroxyl groups is 1. The van der Waals surface area contributed by atoms with Crippen molar-refractivity contribution >= 4 is 19.7 Å². The maximum absolute atomic E-state index is 10.9. The van der Waals surface area contributed by atoms with Crippen molar-refractivity contribution in [3.8, 4) is 5.75 Å². The first kappa shape index (κ1) is 13.2. The Hall–Kier alpha value is -0.850. The van der Waals surface area contributed by atoms with Gasteiger partial charge in [-0.25, -0.2) is 13.4 Å². The Balaban J connectivity index is 2.73. The summed E-state index contributed by atoms with van der Waals surface area (Å²) in [6.07, 6.45) is 1.24. The van der Waals surface area contributed by atoms with Crippen LogP contribution in [0.3, 0.4) is 0 Å². The van der Waals surface area contributed by atoms with Crippen LogP contribution in [0.5, 0.6) is 5.75 Å². The van der Waals surface area contributed by atoms with Gasteiger partial charge in [0.2, 0.25) is 0 Å². The molecule has 7 heteroatoms. The van der Waals surface area contributed by atoms with Crippen LogP contribution < -0.4 is 4.74 Å². The number of halogens is 1. The van der Waals surface area contributed by atoms with E-state index in [0.717, 1.165) is 0 Å². The van der Waals surface area contributed by atoms with Gasteiger partial charge in [0, 0.05) is 10.7 Å². The number of rotatable bonds is 4. The van der Waals surface area contributed by atoms with Crippen LogP contribution in [0.2, 0.25) is 0 Å². The summed E-state index contributed by atoms with van der Waals surface area (Å²) in [5, 5.41) is 9.17. The predicted molar refractivity (Wildman–Crippen MR) is 59.1 cm³/mol. The number of pyridine rings is 1. The highest BCUT2D eigenvalue weighted by Crippen LogP contribution is 2.16. The van der Waals surface area contributed by atoms with Crippen molar-refractivity contribution in [3.63, 3.8) is 0 Å². The molecular weight excluding hydrogens is 254 g/mol. The summed E-state index contributed by atoms with van der Waals surface area (Å²) in [6.45, 7) is 3.28. The van der Waals surface area contributed by atoms with Crippen molar-refractivity contribution in [1.82, 2.24) is 4.98 Å². The molecule has 90 valence electrons. The van der Waals surface area contributed by atoms with Gasteiger partial charge >= 0.3 is 0 Å². The first-order chi connectivity index (χ1) is 7.18. The zero-order chi connectivity index (χ0) is 12.4. The van der Waals surface area contributed by atoms with Gasteiger partial charge in [0.05, 0.1) is 11.8 Å². The van der Waals surface area contributed by atoms with Crippen LogP contribution in [0.4, 0.5) is 0 Å². The summed E-state index contributed by atoms with van der Waals surface area (Å²) in [4.78, 5) is 3.62. The van der Waals surface area contributed by atoms with Gasteiger partial charge in [-0.05, 0) is 26.0 Å². The topological polar surface area (TPSA) is 76.5 Å². The fourth-order valence-electron chi connectivity index (χ4n) is 0.856. The monoisotopic (exact) mass is 265 g/mol. The van der Waals surface area contributed by atoms with Gasteiger partial charge in [-0.1, -0.05) is 0 Å². The van der Waals surface area contributed by atoms with E-state index >= 15 is 0 Å². The molecule has 0 fully saturated rings. The first-order valence-corrected chi connectivity index (χ1v) is 6.75. The molecule has 16 heavy (non-hydrogen) atoms. The van der Waals surface area contributed by atoms with Crippen molar-refractivity contribution in [2.45, 2.75) is 24.5 Å². The second kappa shape index (κ2) is 4.57. The second-order valence-electron chi connectivity index (χ2n) is 3.87. The van der Waals surface area contributed by atoms with Crippen LogP contribution in [-0.2, 0) is 9.05 Å². The minimum atomic E-state index is -3.81. The van der Waals surface area contributed by atoms with Gasteiger partial charge in [0.25, 0.3) is 9.05 Å². The van der Waals surface area contributed by atoms with Crippen molar-refractivity contribution < 1.29 is 18.3 Å². The smallest absolute Gasteiger partial charge is 0.278 e. The predicted octanol–water partition coefficient (Wildman–Crippen LogP) is 1.16. The van der Waals surface area contributed by atoms with Gasteiger partial charge in [-0.3, -0.25) is 0 Å². The molecule has 0 aliphatic heterocycles. The third kappa shape index (κ3) is 4.34. The first-order valence-electron chi connectivity index (χ1n) is 4.44. The van der Waals surface area contributed by atoms with Crippen LogP contribution in [0.25, 0.3) is 0 Å². The molecule has 1 rings (SSSR count). The molecule has 0 bridgehead atoms. The van der Waals surface area contributed by atoms with Crippen molar-refractivity contribution in [1.29, 1.82) is 0 Å². The van der Waals surface area contributed by atoms with E-state index in [9.17, 15) is 13.5 Å². The molecular formula is C9H12ClNO4S. The molecule has 0 atom stereocenters. The molecule has 1 N–H and O–H groups in total. The van der Waals surface area contributed by atoms with Crippen molar-refractivity contribution in [2.75, 3.05) is 6.61 Å². The third-order valence-electron chi connectivity index (χ3n) is 1.55. The SMILES string of the molecule is CC(C)(O)COc1ccc(S(=O)(=O)Cl)nc1. The van der Waals surface area contributed by atoms with Crippen molar-refractivity contribution in [3.05, 3.63) is 18.3 Å². The Morgan fingerprint density at radius 3 is 2.50 bits per heavy atom. The van der Waals surface area contributed by atoms with E-state index in [4.69, 9.17) is 15.4 Å². The third-order valence-corrected chi connectivity index (χ3v) is 2.77. The zero-order valence-corrected chi connectivity index (χ0v) is 10.4. The van der Waals surface area contributed by atoms with Gasteiger partial charge in [-0.2, -0.15) is 0 Å². The maximum Gasteiger partial charge on any atom is 0.278 e. The van der Waals surface area contributed by atoms with Crippen molar-refractivity contribution in [2.24, 2.45) is 0 Å². The van der Waals surface area contributed by atoms with Gasteiger partial charge in [-0.15, -0.1) is 0 Å². The van der Waals surface area contributed by atoms with E-state index in [-0.39, 0.29) is 11.6 Å². The molecule has 0 unspecified atom stereocenters. The largest absolute Gasteiger partial charge is 0.489 e. The average molecular weight is 266 g/mol. The van der Waals surface area contributed by atoms with E-state index < -0.39 is 14.7 Å². The summed E-state index contributed by atoms with van der Waals surface area (Å²) in [6, 6.07) is 2.66. The highest BCUT2D eigenvalue weighted by molar-refractivity contribution is 8.13. The van der Waals surface area contributed by atoms with Gasteiger partial charge in [0.15, 0.2) is 5.03 Å². The molecule has 0 aliphatic carbocycles. The van der Waals surface area contributed by atoms with E-state index in [1.54, 1.807) is 13.8 Å². The van der Waals surface area contributed by atoms with Crippen LogP contribution in [0.15, 0.2) is 23.4 Å². The lowest BCUT2D eigenvalue weighted by Crippen LogP contribution is -2.27. The van der Waals surface area contributed by atoms with Gasteiger partial charge in [0.1, 0.15) is 12.4 Å². The quantitative estimate of drug-likeness (QED) is 0.827. The summed E-state index contributed by atoms with van der Waals surface area (Å²) in [7, 11) is 1.28. The molecule has 0 aliphatic rings. The molecule has 0 saturated carbocycles. The fourth-order valence-corrected chi connectivity index (χ4v) is 1.54. The van der Waals surface area contributed by atoms with Crippen LogP contribution in [0, 0.1) is 0 Å². The molecule has 0 aromatic carbocycles. The molecule has 1 heterocycles. The van der Waals surface area contributed by atoms with E-state index in [2.05, 4.69) is 4.98 Å². The molecule has 0 amide bonds. The molecule has 0 saturated heterocycles. The van der Waals surface area contributed by atoms with Crippen LogP contribution in [-0.4, -0.2) is 30.7 Å². The van der Waals surface area contributed by atoms with Crippen LogP contribution in [0.1, 0.15) is 13.8 Å². The lowest BCUT2D eigenvalue weighted by atomic mass is 10.2. The Morgan fingerprint density at radius 2 is 2.12 bits per heavy atom. The molecule has 0 radical (unpaired) electrons. The van der Waals surface area contributed by atoms with E-state index in [1.165, 1.54) is 18.3 Å². The highest BCUT2D eigenvalue weighted by atomic mass is 35.7. The lowest BCUT2D eigenvalue weighted by Gasteiger charge is -2.17. The Kier molecular flexibility index (Phi) is 3.77. The fraction of sp³-hybridized carbons (Fsp3) is 0.444. The Bertz CT molecular complexity index is 449. The van der Waals surface area contributed by atoms with Gasteiger partial charge < -0.3 is 9.84 Å². The molecule has 5 nitrogen and oxygen atoms in total. The van der Waals surface area contributed by atoms with E-state index in [1.807, 2.05) is 0 Å². The summed E-state index contributed by atoms with van der Waals surface area (Å²) in [5.74, 6) is 0.367. The molecule has 0 spiro atoms. The summed E-state index contributed by atoms with van der Waals surface area (Å²) < 4.78 is 27.0. The minimum absolute atomic E-state index is 0.0850. The van der Waals surface area contributed by atoms with E-state index in [0.29, 0.717) is 5.75 Å². The molecule has 1 aromatic rings. The highest BCUT2D eigenvalue weighted by Gasteiger charge is 2.14. The summed E-state index contributed by atoms with van der Waals surface area (Å²) >= 11 is 0. The Labute approximate surface area is 98.5 Å². The normalized spacial score (nSPS) is 12.5. The molecule has 1 aromatic heterocycles. The number of ether oxygens (including phenoxy) is 1. The maximum atomic E-state index is 10.9.